The van der Waals surface area contributed by atoms with E-state index < -0.39 is 0 Å². The Morgan fingerprint density at radius 3 is 1.86 bits per heavy atom. The second-order valence-electron chi connectivity index (χ2n) is 6.78. The van der Waals surface area contributed by atoms with Crippen molar-refractivity contribution in [2.24, 2.45) is 5.10 Å². The van der Waals surface area contributed by atoms with Gasteiger partial charge in [-0.3, -0.25) is 10.1 Å². The van der Waals surface area contributed by atoms with Crippen molar-refractivity contribution in [3.63, 3.8) is 0 Å². The van der Waals surface area contributed by atoms with E-state index in [1.165, 1.54) is 0 Å². The van der Waals surface area contributed by atoms with Crippen LogP contribution in [0.1, 0.15) is 5.56 Å². The molecule has 0 heterocycles. The number of nitrogens with zero attached hydrogens (tertiary/aromatic N) is 3. The van der Waals surface area contributed by atoms with E-state index in [2.05, 4.69) is 29.4 Å². The molecule has 0 spiro atoms. The zero-order valence-corrected chi connectivity index (χ0v) is 16.9. The lowest BCUT2D eigenvalue weighted by Crippen LogP contribution is -2.02. The smallest absolute Gasteiger partial charge is 0.269 e. The molecule has 0 aromatic heterocycles. The highest BCUT2D eigenvalue weighted by Gasteiger charge is 2.14. The highest BCUT2D eigenvalue weighted by molar-refractivity contribution is 7.99. The second kappa shape index (κ2) is 7.93. The molecule has 29 heavy (non-hydrogen) atoms. The van der Waals surface area contributed by atoms with Crippen LogP contribution in [-0.4, -0.2) is 30.2 Å². The van der Waals surface area contributed by atoms with Crippen LogP contribution in [0.25, 0.3) is 21.5 Å². The molecule has 6 heteroatoms. The Kier molecular flexibility index (Phi) is 5.18. The highest BCUT2D eigenvalue weighted by atomic mass is 32.2. The summed E-state index contributed by atoms with van der Waals surface area (Å²) in [5.74, 6) is 0. The van der Waals surface area contributed by atoms with Crippen LogP contribution in [0.2, 0.25) is 0 Å². The summed E-state index contributed by atoms with van der Waals surface area (Å²) in [5.41, 5.74) is 1.18. The quantitative estimate of drug-likeness (QED) is 0.179. The lowest BCUT2D eigenvalue weighted by atomic mass is 9.97. The predicted octanol–water partition coefficient (Wildman–Crippen LogP) is 5.95. The van der Waals surface area contributed by atoms with E-state index in [9.17, 15) is 10.1 Å². The summed E-state index contributed by atoms with van der Waals surface area (Å²) in [6, 6.07) is 23.3. The summed E-state index contributed by atoms with van der Waals surface area (Å²) in [7, 11) is 3.80. The van der Waals surface area contributed by atoms with Gasteiger partial charge in [-0.2, -0.15) is 5.10 Å². The third-order valence-electron chi connectivity index (χ3n) is 4.61. The number of benzene rings is 4. The van der Waals surface area contributed by atoms with E-state index in [4.69, 9.17) is 0 Å². The number of hydrogen-bond donors (Lipinski definition) is 0. The van der Waals surface area contributed by atoms with Crippen molar-refractivity contribution < 1.29 is 4.92 Å². The number of hydrogen-bond acceptors (Lipinski definition) is 5. The van der Waals surface area contributed by atoms with Gasteiger partial charge in [0.05, 0.1) is 11.1 Å². The Morgan fingerprint density at radius 2 is 1.38 bits per heavy atom. The van der Waals surface area contributed by atoms with Crippen molar-refractivity contribution in [3.8, 4) is 0 Å². The summed E-state index contributed by atoms with van der Waals surface area (Å²) in [6.07, 6.45) is 1.91. The van der Waals surface area contributed by atoms with E-state index in [-0.39, 0.29) is 10.6 Å². The summed E-state index contributed by atoms with van der Waals surface area (Å²) < 4.78 is 0. The van der Waals surface area contributed by atoms with Crippen LogP contribution in [0.3, 0.4) is 0 Å². The van der Waals surface area contributed by atoms with E-state index in [1.54, 1.807) is 41.0 Å². The maximum absolute atomic E-state index is 11.0. The first-order chi connectivity index (χ1) is 14.0. The standard InChI is InChI=1S/C23H19N3O2S/c1-25(2)24-15-22-18-7-3-5-9-20(18)23(21-10-6-4-8-19(21)22)29-17-13-11-16(12-14-17)26(27)28/h3-15H,1-2H3/b24-15+. The molecule has 0 radical (unpaired) electrons. The molecule has 4 aromatic rings. The average Bonchev–Trinajstić information content (AvgIpc) is 2.73. The number of nitro benzene ring substituents is 1. The lowest BCUT2D eigenvalue weighted by Gasteiger charge is -2.15. The van der Waals surface area contributed by atoms with Gasteiger partial charge < -0.3 is 5.01 Å². The number of rotatable bonds is 5. The molecule has 4 rings (SSSR count). The molecular weight excluding hydrogens is 382 g/mol. The van der Waals surface area contributed by atoms with Crippen molar-refractivity contribution >= 4 is 45.2 Å². The van der Waals surface area contributed by atoms with Crippen molar-refractivity contribution in [3.05, 3.63) is 88.5 Å². The van der Waals surface area contributed by atoms with Crippen molar-refractivity contribution in [2.75, 3.05) is 14.1 Å². The van der Waals surface area contributed by atoms with Gasteiger partial charge in [-0.25, -0.2) is 0 Å². The van der Waals surface area contributed by atoms with Gasteiger partial charge in [0, 0.05) is 41.6 Å². The maximum Gasteiger partial charge on any atom is 0.269 e. The van der Waals surface area contributed by atoms with Crippen molar-refractivity contribution in [1.29, 1.82) is 0 Å². The summed E-state index contributed by atoms with van der Waals surface area (Å²) in [4.78, 5) is 12.7. The topological polar surface area (TPSA) is 58.7 Å². The molecule has 0 atom stereocenters. The minimum atomic E-state index is -0.377. The number of hydrazone groups is 1. The first kappa shape index (κ1) is 19.0. The van der Waals surface area contributed by atoms with Crippen LogP contribution in [0.5, 0.6) is 0 Å². The predicted molar refractivity (Wildman–Crippen MR) is 120 cm³/mol. The van der Waals surface area contributed by atoms with Crippen molar-refractivity contribution in [2.45, 2.75) is 9.79 Å². The van der Waals surface area contributed by atoms with Crippen LogP contribution in [0.15, 0.2) is 87.7 Å². The van der Waals surface area contributed by atoms with E-state index in [1.807, 2.05) is 44.6 Å². The van der Waals surface area contributed by atoms with E-state index >= 15 is 0 Å². The Bertz CT molecular complexity index is 1180. The molecule has 0 unspecified atom stereocenters. The molecule has 0 saturated carbocycles. The monoisotopic (exact) mass is 401 g/mol. The van der Waals surface area contributed by atoms with Crippen LogP contribution in [-0.2, 0) is 0 Å². The Hall–Kier alpha value is -3.38. The maximum atomic E-state index is 11.0. The first-order valence-corrected chi connectivity index (χ1v) is 9.93. The van der Waals surface area contributed by atoms with Crippen LogP contribution in [0.4, 0.5) is 5.69 Å². The molecule has 0 bridgehead atoms. The molecule has 0 aliphatic rings. The van der Waals surface area contributed by atoms with Gasteiger partial charge in [-0.05, 0) is 33.7 Å². The minimum Gasteiger partial charge on any atom is -0.303 e. The molecule has 144 valence electrons. The zero-order valence-electron chi connectivity index (χ0n) is 16.1. The third kappa shape index (κ3) is 3.79. The molecule has 0 N–H and O–H groups in total. The summed E-state index contributed by atoms with van der Waals surface area (Å²) in [6.45, 7) is 0. The first-order valence-electron chi connectivity index (χ1n) is 9.11. The van der Waals surface area contributed by atoms with Crippen LogP contribution in [0, 0.1) is 10.1 Å². The Balaban J connectivity index is 1.93. The van der Waals surface area contributed by atoms with Gasteiger partial charge in [-0.1, -0.05) is 60.3 Å². The van der Waals surface area contributed by atoms with Gasteiger partial charge in [0.25, 0.3) is 5.69 Å². The molecule has 0 saturated heterocycles. The Morgan fingerprint density at radius 1 is 0.862 bits per heavy atom. The minimum absolute atomic E-state index is 0.0966. The lowest BCUT2D eigenvalue weighted by molar-refractivity contribution is -0.384. The molecular formula is C23H19N3O2S. The summed E-state index contributed by atoms with van der Waals surface area (Å²) in [5, 5.41) is 21.7. The van der Waals surface area contributed by atoms with Gasteiger partial charge in [-0.15, -0.1) is 0 Å². The highest BCUT2D eigenvalue weighted by Crippen LogP contribution is 2.41. The van der Waals surface area contributed by atoms with Gasteiger partial charge >= 0.3 is 0 Å². The average molecular weight is 401 g/mol. The molecule has 0 fully saturated rings. The fraction of sp³-hybridized carbons (Fsp3) is 0.0870. The van der Waals surface area contributed by atoms with Gasteiger partial charge in [0.2, 0.25) is 0 Å². The zero-order chi connectivity index (χ0) is 20.4. The van der Waals surface area contributed by atoms with E-state index in [0.717, 1.165) is 36.9 Å². The molecule has 0 amide bonds. The van der Waals surface area contributed by atoms with E-state index in [0.29, 0.717) is 0 Å². The SMILES string of the molecule is CN(C)/N=C/c1c2ccccc2c(Sc2ccc([N+](=O)[O-])cc2)c2ccccc12. The fourth-order valence-corrected chi connectivity index (χ4v) is 4.38. The number of nitro groups is 1. The van der Waals surface area contributed by atoms with Crippen molar-refractivity contribution in [1.82, 2.24) is 5.01 Å². The molecule has 0 aliphatic carbocycles. The van der Waals surface area contributed by atoms with Gasteiger partial charge in [0.15, 0.2) is 0 Å². The van der Waals surface area contributed by atoms with Crippen LogP contribution < -0.4 is 0 Å². The fourth-order valence-electron chi connectivity index (χ4n) is 3.30. The number of fused-ring (bicyclic) bond motifs is 2. The number of non-ortho nitro benzene ring substituents is 1. The third-order valence-corrected chi connectivity index (χ3v) is 5.76. The molecule has 0 aliphatic heterocycles. The largest absolute Gasteiger partial charge is 0.303 e. The summed E-state index contributed by atoms with van der Waals surface area (Å²) >= 11 is 1.62. The normalized spacial score (nSPS) is 11.4. The molecule has 5 nitrogen and oxygen atoms in total. The Labute approximate surface area is 172 Å². The molecule has 4 aromatic carbocycles. The van der Waals surface area contributed by atoms with Gasteiger partial charge in [0.1, 0.15) is 0 Å². The van der Waals surface area contributed by atoms with Crippen LogP contribution >= 0.6 is 11.8 Å². The second-order valence-corrected chi connectivity index (χ2v) is 7.86.